The van der Waals surface area contributed by atoms with Crippen LogP contribution in [0.3, 0.4) is 0 Å². The fourth-order valence-corrected chi connectivity index (χ4v) is 1.60. The van der Waals surface area contributed by atoms with Gasteiger partial charge in [-0.2, -0.15) is 0 Å². The van der Waals surface area contributed by atoms with E-state index in [1.807, 2.05) is 24.3 Å². The minimum Gasteiger partial charge on any atom is -0.441 e. The summed E-state index contributed by atoms with van der Waals surface area (Å²) in [6.45, 7) is 0.668. The lowest BCUT2D eigenvalue weighted by atomic mass is 10.1. The van der Waals surface area contributed by atoms with E-state index in [1.165, 1.54) is 0 Å². The van der Waals surface area contributed by atoms with Crippen LogP contribution in [0, 0.1) is 0 Å². The molecule has 1 aromatic heterocycles. The number of rotatable bonds is 5. The van der Waals surface area contributed by atoms with E-state index in [9.17, 15) is 0 Å². The van der Waals surface area contributed by atoms with Crippen molar-refractivity contribution in [2.24, 2.45) is 5.73 Å². The van der Waals surface area contributed by atoms with E-state index < -0.39 is 0 Å². The smallest absolute Gasteiger partial charge is 0.197 e. The normalized spacial score (nSPS) is 13.1. The molecule has 4 heteroatoms. The van der Waals surface area contributed by atoms with Gasteiger partial charge in [-0.15, -0.1) is 0 Å². The quantitative estimate of drug-likeness (QED) is 0.833. The Morgan fingerprint density at radius 1 is 1.44 bits per heavy atom. The maximum absolute atomic E-state index is 5.93. The number of methoxy groups -OCH3 is 1. The van der Waals surface area contributed by atoms with Gasteiger partial charge in [0, 0.05) is 26.2 Å². The summed E-state index contributed by atoms with van der Waals surface area (Å²) < 4.78 is 10.6. The number of hydrogen-bond acceptors (Lipinski definition) is 4. The number of nitrogens with two attached hydrogens (primary N) is 1. The maximum Gasteiger partial charge on any atom is 0.197 e. The second-order valence-electron chi connectivity index (χ2n) is 3.82. The number of fused-ring (bicyclic) bond motifs is 1. The van der Waals surface area contributed by atoms with Crippen molar-refractivity contribution in [2.75, 3.05) is 13.7 Å². The molecule has 86 valence electrons. The number of oxazole rings is 1. The Kier molecular flexibility index (Phi) is 3.54. The van der Waals surface area contributed by atoms with Crippen LogP contribution in [0.25, 0.3) is 11.1 Å². The maximum atomic E-state index is 5.93. The van der Waals surface area contributed by atoms with Gasteiger partial charge in [-0.1, -0.05) is 12.1 Å². The molecule has 1 unspecified atom stereocenters. The molecule has 0 spiro atoms. The number of para-hydroxylation sites is 2. The number of ether oxygens (including phenoxy) is 1. The molecule has 0 bridgehead atoms. The molecule has 1 heterocycles. The zero-order valence-corrected chi connectivity index (χ0v) is 9.35. The van der Waals surface area contributed by atoms with Crippen LogP contribution in [-0.4, -0.2) is 24.7 Å². The average molecular weight is 220 g/mol. The van der Waals surface area contributed by atoms with Gasteiger partial charge in [0.25, 0.3) is 0 Å². The first-order valence-corrected chi connectivity index (χ1v) is 5.38. The van der Waals surface area contributed by atoms with Crippen LogP contribution in [0.2, 0.25) is 0 Å². The molecule has 0 saturated carbocycles. The zero-order chi connectivity index (χ0) is 11.4. The Morgan fingerprint density at radius 3 is 3.00 bits per heavy atom. The molecule has 0 aliphatic carbocycles. The Balaban J connectivity index is 2.03. The van der Waals surface area contributed by atoms with Crippen molar-refractivity contribution >= 4 is 11.1 Å². The number of hydrogen-bond donors (Lipinski definition) is 1. The summed E-state index contributed by atoms with van der Waals surface area (Å²) in [5.41, 5.74) is 7.64. The highest BCUT2D eigenvalue weighted by atomic mass is 16.5. The van der Waals surface area contributed by atoms with Gasteiger partial charge >= 0.3 is 0 Å². The fourth-order valence-electron chi connectivity index (χ4n) is 1.60. The van der Waals surface area contributed by atoms with Crippen LogP contribution < -0.4 is 5.73 Å². The minimum absolute atomic E-state index is 0.0352. The fraction of sp³-hybridized carbons (Fsp3) is 0.417. The Morgan fingerprint density at radius 2 is 2.25 bits per heavy atom. The highest BCUT2D eigenvalue weighted by Crippen LogP contribution is 2.15. The number of nitrogens with zero attached hydrogens (tertiary/aromatic N) is 1. The van der Waals surface area contributed by atoms with E-state index in [-0.39, 0.29) is 6.04 Å². The highest BCUT2D eigenvalue weighted by molar-refractivity contribution is 5.72. The van der Waals surface area contributed by atoms with Gasteiger partial charge in [-0.25, -0.2) is 4.98 Å². The average Bonchev–Trinajstić information content (AvgIpc) is 2.68. The van der Waals surface area contributed by atoms with Crippen molar-refractivity contribution in [3.8, 4) is 0 Å². The van der Waals surface area contributed by atoms with Crippen LogP contribution in [0.5, 0.6) is 0 Å². The third kappa shape index (κ3) is 2.59. The Bertz CT molecular complexity index is 420. The highest BCUT2D eigenvalue weighted by Gasteiger charge is 2.09. The largest absolute Gasteiger partial charge is 0.441 e. The molecule has 0 fully saturated rings. The lowest BCUT2D eigenvalue weighted by Gasteiger charge is -2.07. The third-order valence-corrected chi connectivity index (χ3v) is 2.47. The number of benzene rings is 1. The van der Waals surface area contributed by atoms with Gasteiger partial charge in [0.1, 0.15) is 5.52 Å². The predicted molar refractivity (Wildman–Crippen MR) is 62.2 cm³/mol. The first-order valence-electron chi connectivity index (χ1n) is 5.38. The summed E-state index contributed by atoms with van der Waals surface area (Å²) in [5, 5.41) is 0. The van der Waals surface area contributed by atoms with Crippen LogP contribution in [0.1, 0.15) is 12.3 Å². The zero-order valence-electron chi connectivity index (χ0n) is 9.35. The lowest BCUT2D eigenvalue weighted by Crippen LogP contribution is -2.24. The predicted octanol–water partition coefficient (Wildman–Crippen LogP) is 1.73. The molecule has 0 radical (unpaired) electrons. The molecule has 1 aromatic carbocycles. The molecule has 2 N–H and O–H groups in total. The van der Waals surface area contributed by atoms with Gasteiger partial charge in [0.15, 0.2) is 11.5 Å². The molecule has 2 rings (SSSR count). The summed E-state index contributed by atoms with van der Waals surface area (Å²) >= 11 is 0. The third-order valence-electron chi connectivity index (χ3n) is 2.47. The first kappa shape index (κ1) is 11.1. The molecular formula is C12H16N2O2. The molecule has 2 aromatic rings. The van der Waals surface area contributed by atoms with Crippen molar-refractivity contribution in [1.29, 1.82) is 0 Å². The van der Waals surface area contributed by atoms with Crippen molar-refractivity contribution in [2.45, 2.75) is 18.9 Å². The topological polar surface area (TPSA) is 61.3 Å². The van der Waals surface area contributed by atoms with Gasteiger partial charge < -0.3 is 14.9 Å². The van der Waals surface area contributed by atoms with Gasteiger partial charge in [0.05, 0.1) is 0 Å². The van der Waals surface area contributed by atoms with Gasteiger partial charge in [-0.05, 0) is 18.6 Å². The lowest BCUT2D eigenvalue weighted by molar-refractivity contribution is 0.187. The van der Waals surface area contributed by atoms with E-state index >= 15 is 0 Å². The molecule has 0 saturated heterocycles. The standard InChI is InChI=1S/C12H16N2O2/c1-15-7-6-9(13)8-12-14-10-4-2-3-5-11(10)16-12/h2-5,9H,6-8,13H2,1H3. The van der Waals surface area contributed by atoms with Crippen LogP contribution >= 0.6 is 0 Å². The summed E-state index contributed by atoms with van der Waals surface area (Å²) in [7, 11) is 1.67. The Labute approximate surface area is 94.4 Å². The van der Waals surface area contributed by atoms with E-state index in [0.29, 0.717) is 18.9 Å². The molecule has 4 nitrogen and oxygen atoms in total. The molecule has 16 heavy (non-hydrogen) atoms. The number of aromatic nitrogens is 1. The summed E-state index contributed by atoms with van der Waals surface area (Å²) in [6.07, 6.45) is 1.47. The van der Waals surface area contributed by atoms with E-state index in [4.69, 9.17) is 14.9 Å². The molecular weight excluding hydrogens is 204 g/mol. The van der Waals surface area contributed by atoms with Crippen LogP contribution in [0.4, 0.5) is 0 Å². The van der Waals surface area contributed by atoms with Crippen LogP contribution in [0.15, 0.2) is 28.7 Å². The monoisotopic (exact) mass is 220 g/mol. The van der Waals surface area contributed by atoms with E-state index in [2.05, 4.69) is 4.98 Å². The van der Waals surface area contributed by atoms with E-state index in [1.54, 1.807) is 7.11 Å². The minimum atomic E-state index is 0.0352. The Hall–Kier alpha value is -1.39. The second-order valence-corrected chi connectivity index (χ2v) is 3.82. The molecule has 1 atom stereocenters. The van der Waals surface area contributed by atoms with Crippen molar-refractivity contribution in [1.82, 2.24) is 4.98 Å². The summed E-state index contributed by atoms with van der Waals surface area (Å²) in [6, 6.07) is 7.75. The second kappa shape index (κ2) is 5.09. The van der Waals surface area contributed by atoms with E-state index in [0.717, 1.165) is 17.5 Å². The first-order chi connectivity index (χ1) is 7.79. The molecule has 0 amide bonds. The summed E-state index contributed by atoms with van der Waals surface area (Å²) in [4.78, 5) is 4.37. The van der Waals surface area contributed by atoms with Crippen molar-refractivity contribution in [3.63, 3.8) is 0 Å². The SMILES string of the molecule is COCCC(N)Cc1nc2ccccc2o1. The molecule has 0 aliphatic heterocycles. The van der Waals surface area contributed by atoms with Crippen LogP contribution in [-0.2, 0) is 11.2 Å². The van der Waals surface area contributed by atoms with Gasteiger partial charge in [0.2, 0.25) is 0 Å². The van der Waals surface area contributed by atoms with Crippen molar-refractivity contribution in [3.05, 3.63) is 30.2 Å². The van der Waals surface area contributed by atoms with Gasteiger partial charge in [-0.3, -0.25) is 0 Å². The summed E-state index contributed by atoms with van der Waals surface area (Å²) in [5.74, 6) is 0.699. The van der Waals surface area contributed by atoms with Crippen molar-refractivity contribution < 1.29 is 9.15 Å². The molecule has 0 aliphatic rings.